The maximum Gasteiger partial charge on any atom is 0.507 e. The fourth-order valence-electron chi connectivity index (χ4n) is 5.22. The first-order valence-electron chi connectivity index (χ1n) is 12.3. The maximum absolute atomic E-state index is 13.5. The van der Waals surface area contributed by atoms with Crippen LogP contribution in [-0.4, -0.2) is 64.3 Å². The van der Waals surface area contributed by atoms with E-state index in [9.17, 15) is 18.9 Å². The Hall–Kier alpha value is -2.14. The van der Waals surface area contributed by atoms with Crippen LogP contribution < -0.4 is 10.6 Å². The molecule has 0 bridgehead atoms. The van der Waals surface area contributed by atoms with Crippen LogP contribution in [-0.2, 0) is 36.0 Å². The SMILES string of the molecule is CCOC(=O)C(C[S+]([O-])Cc1ccccc1)N[C@@H](C)C(=O)C1NC(OC(=O)O)CC2CCCCC21. The summed E-state index contributed by atoms with van der Waals surface area (Å²) in [5, 5.41) is 15.2. The van der Waals surface area contributed by atoms with Crippen molar-refractivity contribution in [3.05, 3.63) is 35.9 Å². The molecule has 1 aromatic rings. The van der Waals surface area contributed by atoms with E-state index < -0.39 is 47.7 Å². The Morgan fingerprint density at radius 1 is 1.23 bits per heavy atom. The lowest BCUT2D eigenvalue weighted by Gasteiger charge is -2.44. The van der Waals surface area contributed by atoms with Gasteiger partial charge in [-0.15, -0.1) is 0 Å². The molecular formula is C25H36N2O7S. The van der Waals surface area contributed by atoms with Gasteiger partial charge < -0.3 is 19.1 Å². The Kier molecular flexibility index (Phi) is 10.4. The number of piperidine rings is 1. The van der Waals surface area contributed by atoms with Crippen molar-refractivity contribution in [3.63, 3.8) is 0 Å². The van der Waals surface area contributed by atoms with Crippen molar-refractivity contribution in [3.8, 4) is 0 Å². The first-order valence-corrected chi connectivity index (χ1v) is 13.8. The summed E-state index contributed by atoms with van der Waals surface area (Å²) in [6, 6.07) is 7.14. The lowest BCUT2D eigenvalue weighted by Crippen LogP contribution is -2.61. The van der Waals surface area contributed by atoms with Crippen LogP contribution in [0.3, 0.4) is 0 Å². The highest BCUT2D eigenvalue weighted by Gasteiger charge is 2.44. The number of esters is 1. The van der Waals surface area contributed by atoms with E-state index in [1.54, 1.807) is 13.8 Å². The van der Waals surface area contributed by atoms with Crippen molar-refractivity contribution in [2.24, 2.45) is 11.8 Å². The number of Topliss-reactive ketones (excluding diaryl/α,β-unsaturated/α-hetero) is 1. The molecule has 1 heterocycles. The average Bonchev–Trinajstić information content (AvgIpc) is 2.83. The van der Waals surface area contributed by atoms with Gasteiger partial charge in [-0.05, 0) is 49.7 Å². The first kappa shape index (κ1) is 27.4. The third-order valence-electron chi connectivity index (χ3n) is 6.80. The van der Waals surface area contributed by atoms with Crippen molar-refractivity contribution in [1.82, 2.24) is 10.6 Å². The molecule has 1 aromatic carbocycles. The molecule has 0 aromatic heterocycles. The van der Waals surface area contributed by atoms with Crippen LogP contribution in [0, 0.1) is 11.8 Å². The molecule has 1 saturated carbocycles. The number of benzene rings is 1. The van der Waals surface area contributed by atoms with Gasteiger partial charge in [-0.2, -0.15) is 0 Å². The zero-order chi connectivity index (χ0) is 25.4. The second kappa shape index (κ2) is 13.2. The molecule has 3 N–H and O–H groups in total. The largest absolute Gasteiger partial charge is 0.616 e. The number of ketones is 1. The zero-order valence-electron chi connectivity index (χ0n) is 20.3. The smallest absolute Gasteiger partial charge is 0.507 e. The zero-order valence-corrected chi connectivity index (χ0v) is 21.1. The second-order valence-corrected chi connectivity index (χ2v) is 10.8. The topological polar surface area (TPSA) is 137 Å². The van der Waals surface area contributed by atoms with E-state index in [0.29, 0.717) is 12.2 Å². The molecule has 1 aliphatic carbocycles. The van der Waals surface area contributed by atoms with Crippen LogP contribution in [0.1, 0.15) is 51.5 Å². The van der Waals surface area contributed by atoms with E-state index in [1.165, 1.54) is 0 Å². The molecule has 0 amide bonds. The molecule has 1 saturated heterocycles. The van der Waals surface area contributed by atoms with Crippen molar-refractivity contribution >= 4 is 29.1 Å². The highest BCUT2D eigenvalue weighted by molar-refractivity contribution is 7.90. The molecule has 194 valence electrons. The Morgan fingerprint density at radius 2 is 1.94 bits per heavy atom. The summed E-state index contributed by atoms with van der Waals surface area (Å²) >= 11 is -1.35. The lowest BCUT2D eigenvalue weighted by molar-refractivity contribution is -0.145. The number of hydrogen-bond acceptors (Lipinski definition) is 8. The highest BCUT2D eigenvalue weighted by Crippen LogP contribution is 2.39. The number of carbonyl (C=O) groups is 3. The fourth-order valence-corrected chi connectivity index (χ4v) is 6.50. The molecule has 0 spiro atoms. The van der Waals surface area contributed by atoms with Gasteiger partial charge in [-0.25, -0.2) is 4.79 Å². The molecular weight excluding hydrogens is 472 g/mol. The summed E-state index contributed by atoms with van der Waals surface area (Å²) in [4.78, 5) is 37.3. The molecule has 0 radical (unpaired) electrons. The minimum atomic E-state index is -1.38. The third kappa shape index (κ3) is 7.93. The molecule has 7 atom stereocenters. The van der Waals surface area contributed by atoms with E-state index in [4.69, 9.17) is 14.6 Å². The Morgan fingerprint density at radius 3 is 2.63 bits per heavy atom. The normalized spacial score (nSPS) is 26.6. The molecule has 2 fully saturated rings. The van der Waals surface area contributed by atoms with Gasteiger partial charge in [-0.3, -0.25) is 20.2 Å². The van der Waals surface area contributed by atoms with Gasteiger partial charge in [0.1, 0.15) is 11.5 Å². The molecule has 1 aliphatic heterocycles. The maximum atomic E-state index is 13.5. The van der Waals surface area contributed by atoms with Crippen molar-refractivity contribution in [1.29, 1.82) is 0 Å². The Labute approximate surface area is 209 Å². The predicted molar refractivity (Wildman–Crippen MR) is 131 cm³/mol. The van der Waals surface area contributed by atoms with E-state index in [1.807, 2.05) is 30.3 Å². The van der Waals surface area contributed by atoms with Crippen molar-refractivity contribution in [2.75, 3.05) is 12.4 Å². The van der Waals surface area contributed by atoms with Crippen LogP contribution in [0.5, 0.6) is 0 Å². The summed E-state index contributed by atoms with van der Waals surface area (Å²) in [5.41, 5.74) is 0.900. The molecule has 3 rings (SSSR count). The van der Waals surface area contributed by atoms with Crippen molar-refractivity contribution < 1.29 is 33.5 Å². The summed E-state index contributed by atoms with van der Waals surface area (Å²) in [6.45, 7) is 3.55. The Bertz CT molecular complexity index is 855. The quantitative estimate of drug-likeness (QED) is 0.304. The fraction of sp³-hybridized carbons (Fsp3) is 0.640. The van der Waals surface area contributed by atoms with Gasteiger partial charge >= 0.3 is 12.1 Å². The minimum Gasteiger partial charge on any atom is -0.616 e. The Balaban J connectivity index is 1.68. The molecule has 35 heavy (non-hydrogen) atoms. The lowest BCUT2D eigenvalue weighted by atomic mass is 9.69. The number of rotatable bonds is 11. The van der Waals surface area contributed by atoms with Crippen molar-refractivity contribution in [2.45, 2.75) is 76.1 Å². The third-order valence-corrected chi connectivity index (χ3v) is 8.16. The van der Waals surface area contributed by atoms with E-state index >= 15 is 0 Å². The monoisotopic (exact) mass is 508 g/mol. The highest BCUT2D eigenvalue weighted by atomic mass is 32.2. The molecule has 10 heteroatoms. The first-order chi connectivity index (χ1) is 16.8. The molecule has 6 unspecified atom stereocenters. The number of ether oxygens (including phenoxy) is 2. The van der Waals surface area contributed by atoms with Gasteiger partial charge in [0.25, 0.3) is 0 Å². The number of nitrogens with one attached hydrogen (secondary N) is 2. The van der Waals surface area contributed by atoms with Gasteiger partial charge in [-0.1, -0.05) is 43.2 Å². The van der Waals surface area contributed by atoms with Gasteiger partial charge in [0.15, 0.2) is 18.1 Å². The summed E-state index contributed by atoms with van der Waals surface area (Å²) in [5.74, 6) is -0.114. The van der Waals surface area contributed by atoms with Gasteiger partial charge in [0.05, 0.1) is 18.7 Å². The van der Waals surface area contributed by atoms with Crippen LogP contribution in [0.2, 0.25) is 0 Å². The number of fused-ring (bicyclic) bond motifs is 1. The minimum absolute atomic E-state index is 0.0141. The number of carboxylic acid groups (broad SMARTS) is 1. The predicted octanol–water partition coefficient (Wildman–Crippen LogP) is 2.60. The standard InChI is InChI=1S/C25H36N2O7S/c1-3-33-24(29)20(15-35(32)14-17-9-5-4-6-10-17)26-16(2)23(28)22-19-12-8-7-11-18(19)13-21(27-22)34-25(30)31/h4-6,9-10,16,18-22,26-27H,3,7-8,11-15H2,1-2H3,(H,30,31)/t16-,18?,19?,20?,21?,22?,35?/m0/s1. The molecule has 2 aliphatic rings. The van der Waals surface area contributed by atoms with Crippen LogP contribution in [0.15, 0.2) is 30.3 Å². The summed E-state index contributed by atoms with van der Waals surface area (Å²) in [6.07, 6.45) is 2.30. The van der Waals surface area contributed by atoms with Gasteiger partial charge in [0, 0.05) is 12.0 Å². The molecule has 9 nitrogen and oxygen atoms in total. The summed E-state index contributed by atoms with van der Waals surface area (Å²) in [7, 11) is 0. The second-order valence-electron chi connectivity index (χ2n) is 9.29. The number of carbonyl (C=O) groups excluding carboxylic acids is 2. The van der Waals surface area contributed by atoms with Crippen LogP contribution in [0.4, 0.5) is 4.79 Å². The van der Waals surface area contributed by atoms with Crippen LogP contribution >= 0.6 is 0 Å². The van der Waals surface area contributed by atoms with E-state index in [-0.39, 0.29) is 30.0 Å². The number of hydrogen-bond donors (Lipinski definition) is 3. The van der Waals surface area contributed by atoms with E-state index in [2.05, 4.69) is 10.6 Å². The average molecular weight is 509 g/mol. The summed E-state index contributed by atoms with van der Waals surface area (Å²) < 4.78 is 23.0. The van der Waals surface area contributed by atoms with Crippen LogP contribution in [0.25, 0.3) is 0 Å². The van der Waals surface area contributed by atoms with Gasteiger partial charge in [0.2, 0.25) is 0 Å². The van der Waals surface area contributed by atoms with E-state index in [0.717, 1.165) is 31.2 Å².